The summed E-state index contributed by atoms with van der Waals surface area (Å²) in [5, 5.41) is 5.98. The summed E-state index contributed by atoms with van der Waals surface area (Å²) in [6, 6.07) is 1.28. The van der Waals surface area contributed by atoms with E-state index in [1.807, 2.05) is 30.9 Å². The zero-order chi connectivity index (χ0) is 44.7. The molecule has 5 aliphatic heterocycles. The van der Waals surface area contributed by atoms with E-state index < -0.39 is 91.5 Å². The molecule has 2 aliphatic carbocycles. The van der Waals surface area contributed by atoms with E-state index in [-0.39, 0.29) is 55.8 Å². The summed E-state index contributed by atoms with van der Waals surface area (Å²) in [5.41, 5.74) is -4.17. The fourth-order valence-corrected chi connectivity index (χ4v) is 12.2. The smallest absolute Gasteiger partial charge is 0.437 e. The molecular formula is C43H53F3N6O10S. The number of sulfonamides is 1. The molecule has 9 rings (SSSR count). The molecule has 2 saturated carbocycles. The van der Waals surface area contributed by atoms with Gasteiger partial charge in [-0.2, -0.15) is 13.2 Å². The Balaban J connectivity index is 1.14. The Morgan fingerprint density at radius 3 is 2.49 bits per heavy atom. The summed E-state index contributed by atoms with van der Waals surface area (Å²) in [6.07, 6.45) is 1.05. The Bertz CT molecular complexity index is 2350. The van der Waals surface area contributed by atoms with E-state index in [9.17, 15) is 22.8 Å². The van der Waals surface area contributed by atoms with Crippen LogP contribution in [0.3, 0.4) is 0 Å². The molecule has 2 spiro atoms. The van der Waals surface area contributed by atoms with Gasteiger partial charge in [-0.15, -0.1) is 0 Å². The third-order valence-electron chi connectivity index (χ3n) is 13.7. The van der Waals surface area contributed by atoms with Crippen molar-refractivity contribution in [1.82, 2.24) is 29.7 Å². The highest BCUT2D eigenvalue weighted by atomic mass is 32.2. The van der Waals surface area contributed by atoms with Crippen molar-refractivity contribution in [2.45, 2.75) is 118 Å². The lowest BCUT2D eigenvalue weighted by atomic mass is 9.82. The minimum atomic E-state index is -4.98. The number of fused-ring (bicyclic) bond motifs is 5. The van der Waals surface area contributed by atoms with Gasteiger partial charge < -0.3 is 34.5 Å². The number of amides is 4. The van der Waals surface area contributed by atoms with E-state index in [2.05, 4.69) is 15.6 Å². The molecular weight excluding hydrogens is 850 g/mol. The van der Waals surface area contributed by atoms with Crippen molar-refractivity contribution in [3.63, 3.8) is 0 Å². The number of benzene rings is 1. The van der Waals surface area contributed by atoms with Crippen molar-refractivity contribution in [2.24, 2.45) is 11.8 Å². The van der Waals surface area contributed by atoms with Gasteiger partial charge in [0.25, 0.3) is 15.9 Å². The normalized spacial score (nSPS) is 31.8. The molecule has 6 atom stereocenters. The molecule has 1 aromatic heterocycles. The number of alkyl halides is 3. The second-order valence-electron chi connectivity index (χ2n) is 18.5. The summed E-state index contributed by atoms with van der Waals surface area (Å²) in [6.45, 7) is 4.80. The molecule has 16 nitrogen and oxygen atoms in total. The van der Waals surface area contributed by atoms with E-state index >= 15 is 18.0 Å². The van der Waals surface area contributed by atoms with Crippen LogP contribution in [-0.2, 0) is 40.1 Å². The first-order valence-corrected chi connectivity index (χ1v) is 23.3. The van der Waals surface area contributed by atoms with Gasteiger partial charge in [0.05, 0.1) is 39.0 Å². The maximum atomic E-state index is 15.3. The number of hydrogen-bond acceptors (Lipinski definition) is 12. The Kier molecular flexibility index (Phi) is 10.9. The van der Waals surface area contributed by atoms with Crippen molar-refractivity contribution < 1.29 is 59.7 Å². The van der Waals surface area contributed by atoms with Crippen molar-refractivity contribution in [2.75, 3.05) is 46.6 Å². The number of nitrogens with zero attached hydrogens (tertiary/aromatic N) is 4. The summed E-state index contributed by atoms with van der Waals surface area (Å²) in [5.74, 6) is -2.88. The first-order chi connectivity index (χ1) is 29.9. The van der Waals surface area contributed by atoms with Crippen LogP contribution >= 0.6 is 0 Å². The number of carbonyl (C=O) groups is 4. The Morgan fingerprint density at radius 1 is 1.06 bits per heavy atom. The molecule has 7 aliphatic rings. The molecule has 4 amide bonds. The minimum Gasteiger partial charge on any atom is -0.497 e. The highest BCUT2D eigenvalue weighted by Gasteiger charge is 2.83. The molecule has 0 unspecified atom stereocenters. The zero-order valence-corrected chi connectivity index (χ0v) is 36.3. The van der Waals surface area contributed by atoms with Crippen LogP contribution in [0.1, 0.15) is 95.4 Å². The number of halogens is 3. The first kappa shape index (κ1) is 43.6. The van der Waals surface area contributed by atoms with Crippen LogP contribution in [0.25, 0.3) is 10.9 Å². The summed E-state index contributed by atoms with van der Waals surface area (Å²) >= 11 is 0. The molecule has 342 valence electrons. The Labute approximate surface area is 363 Å². The Morgan fingerprint density at radius 2 is 1.81 bits per heavy atom. The number of rotatable bonds is 6. The molecule has 3 saturated heterocycles. The highest BCUT2D eigenvalue weighted by Crippen LogP contribution is 2.65. The number of methoxy groups -OCH3 is 1. The van der Waals surface area contributed by atoms with Crippen molar-refractivity contribution >= 4 is 44.7 Å². The van der Waals surface area contributed by atoms with Crippen molar-refractivity contribution in [3.05, 3.63) is 41.6 Å². The number of hydrogen-bond donors (Lipinski definition) is 2. The number of carbonyl (C=O) groups excluding carboxylic acids is 4. The molecule has 2 N–H and O–H groups in total. The van der Waals surface area contributed by atoms with E-state index in [0.29, 0.717) is 76.0 Å². The van der Waals surface area contributed by atoms with Gasteiger partial charge in [0, 0.05) is 48.8 Å². The van der Waals surface area contributed by atoms with Gasteiger partial charge in [0.15, 0.2) is 16.3 Å². The lowest BCUT2D eigenvalue weighted by Gasteiger charge is -2.45. The maximum absolute atomic E-state index is 15.3. The third kappa shape index (κ3) is 7.66. The van der Waals surface area contributed by atoms with Crippen LogP contribution in [0.5, 0.6) is 11.5 Å². The maximum Gasteiger partial charge on any atom is 0.437 e. The van der Waals surface area contributed by atoms with E-state index in [0.717, 1.165) is 4.31 Å². The average molecular weight is 903 g/mol. The largest absolute Gasteiger partial charge is 0.497 e. The molecule has 63 heavy (non-hydrogen) atoms. The van der Waals surface area contributed by atoms with Crippen LogP contribution < -0.4 is 20.1 Å². The predicted octanol–water partition coefficient (Wildman–Crippen LogP) is 4.57. The molecule has 20 heteroatoms. The van der Waals surface area contributed by atoms with E-state index in [4.69, 9.17) is 18.9 Å². The van der Waals surface area contributed by atoms with Gasteiger partial charge >= 0.3 is 12.3 Å². The fraction of sp³-hybridized carbons (Fsp3) is 0.651. The SMILES string of the molecule is COc1ccc2nc(C(F)(F)F)c3c(c2c1)[C@H](N1CCOCC1)C[C@]1(C[C@H]2C(=O)N[C@]4(C(=O)N5C6(CC6)S5(=O)=O)C[C@H]4/C=C\CCCCC[C@H](NC(=O)OCC(C)C)C(=O)N2C1)O3. The van der Waals surface area contributed by atoms with Crippen LogP contribution in [0.15, 0.2) is 30.4 Å². The molecule has 0 radical (unpaired) electrons. The number of aromatic nitrogens is 1. The number of pyridine rings is 1. The van der Waals surface area contributed by atoms with Crippen LogP contribution in [0, 0.1) is 11.8 Å². The van der Waals surface area contributed by atoms with E-state index in [1.54, 1.807) is 6.07 Å². The van der Waals surface area contributed by atoms with E-state index in [1.165, 1.54) is 24.1 Å². The highest BCUT2D eigenvalue weighted by molar-refractivity contribution is 7.98. The molecule has 6 heterocycles. The standard InChI is InChI=1S/C43H53F3N6O10S/c1-25(2)23-61-39(56)48-30-10-8-6-4-5-7-9-26-20-42(26,38(55)52-41(13-14-41)63(52,57)58)49-36(53)32-22-40(24-51(32)37(30)54)21-31(50-15-17-60-18-16-50)33-28-19-27(59-3)11-12-29(28)47-35(34(33)62-40)43(44,45)46/h7,9,11-12,19,25-26,30-32H,4-6,8,10,13-18,20-24H2,1-3H3,(H,48,56)(H,49,53)/b9-7-/t26-,30+,31-,32+,40-,42-,52?/m1/s1. The molecule has 2 aromatic rings. The fourth-order valence-electron chi connectivity index (χ4n) is 10.1. The quantitative estimate of drug-likeness (QED) is 0.305. The summed E-state index contributed by atoms with van der Waals surface area (Å²) < 4.78 is 96.0. The monoisotopic (exact) mass is 902 g/mol. The first-order valence-electron chi connectivity index (χ1n) is 21.9. The van der Waals surface area contributed by atoms with Gasteiger partial charge in [-0.1, -0.05) is 38.8 Å². The van der Waals surface area contributed by atoms with Gasteiger partial charge in [0.2, 0.25) is 11.8 Å². The Hall–Kier alpha value is -4.69. The molecule has 1 aromatic carbocycles. The topological polar surface area (TPSA) is 186 Å². The second kappa shape index (κ2) is 15.8. The number of nitrogens with one attached hydrogen (secondary N) is 2. The summed E-state index contributed by atoms with van der Waals surface area (Å²) in [7, 11) is -2.42. The molecule has 5 fully saturated rings. The van der Waals surface area contributed by atoms with Crippen molar-refractivity contribution in [3.8, 4) is 11.5 Å². The van der Waals surface area contributed by atoms with Gasteiger partial charge in [-0.25, -0.2) is 22.5 Å². The summed E-state index contributed by atoms with van der Waals surface area (Å²) in [4.78, 5) is 63.6. The van der Waals surface area contributed by atoms with Crippen molar-refractivity contribution in [1.29, 1.82) is 0 Å². The lowest BCUT2D eigenvalue weighted by Crippen LogP contribution is -2.57. The van der Waals surface area contributed by atoms with Crippen LogP contribution in [0.2, 0.25) is 0 Å². The minimum absolute atomic E-state index is 0.00277. The van der Waals surface area contributed by atoms with Gasteiger partial charge in [-0.3, -0.25) is 19.3 Å². The van der Waals surface area contributed by atoms with Gasteiger partial charge in [-0.05, 0) is 62.6 Å². The number of alkyl carbamates (subject to hydrolysis) is 1. The number of morpholine rings is 1. The van der Waals surface area contributed by atoms with Crippen LogP contribution in [-0.4, -0.2) is 126 Å². The number of allylic oxidation sites excluding steroid dienone is 1. The number of ether oxygens (including phenoxy) is 4. The predicted molar refractivity (Wildman–Crippen MR) is 219 cm³/mol. The second-order valence-corrected chi connectivity index (χ2v) is 20.5. The molecule has 0 bridgehead atoms. The average Bonchev–Trinajstić information content (AvgIpc) is 4.20. The van der Waals surface area contributed by atoms with Crippen LogP contribution in [0.4, 0.5) is 18.0 Å². The zero-order valence-electron chi connectivity index (χ0n) is 35.5. The lowest BCUT2D eigenvalue weighted by molar-refractivity contribution is -0.145. The third-order valence-corrected chi connectivity index (χ3v) is 16.1. The van der Waals surface area contributed by atoms with Gasteiger partial charge in [0.1, 0.15) is 29.0 Å².